The molecule has 0 bridgehead atoms. The molecule has 172 valence electrons. The summed E-state index contributed by atoms with van der Waals surface area (Å²) in [4.78, 5) is 8.63. The molecule has 0 aliphatic rings. The highest BCUT2D eigenvalue weighted by molar-refractivity contribution is 14.0. The van der Waals surface area contributed by atoms with Crippen molar-refractivity contribution in [2.45, 2.75) is 33.5 Å². The lowest BCUT2D eigenvalue weighted by Crippen LogP contribution is -2.39. The number of aromatic nitrogens is 2. The molecule has 3 aromatic rings. The summed E-state index contributed by atoms with van der Waals surface area (Å²) < 4.78 is 7.98. The minimum Gasteiger partial charge on any atom is -0.376 e. The molecule has 0 aliphatic heterocycles. The zero-order valence-corrected chi connectivity index (χ0v) is 21.5. The maximum absolute atomic E-state index is 5.83. The van der Waals surface area contributed by atoms with E-state index in [1.165, 1.54) is 16.7 Å². The van der Waals surface area contributed by atoms with Gasteiger partial charge in [-0.15, -0.1) is 24.0 Å². The van der Waals surface area contributed by atoms with Crippen LogP contribution in [0.25, 0.3) is 0 Å². The van der Waals surface area contributed by atoms with Crippen molar-refractivity contribution in [2.75, 3.05) is 20.2 Å². The number of rotatable bonds is 10. The molecule has 7 heteroatoms. The number of nitrogens with zero attached hydrogens (tertiary/aromatic N) is 3. The topological polar surface area (TPSA) is 63.5 Å². The molecule has 1 atom stereocenters. The summed E-state index contributed by atoms with van der Waals surface area (Å²) >= 11 is 0. The number of hydrogen-bond donors (Lipinski definition) is 2. The highest BCUT2D eigenvalue weighted by atomic mass is 127. The summed E-state index contributed by atoms with van der Waals surface area (Å²) in [5.41, 5.74) is 3.68. The Balaban J connectivity index is 0.00000363. The Morgan fingerprint density at radius 2 is 1.81 bits per heavy atom. The molecule has 0 aliphatic carbocycles. The van der Waals surface area contributed by atoms with E-state index in [0.717, 1.165) is 31.4 Å². The maximum Gasteiger partial charge on any atom is 0.191 e. The van der Waals surface area contributed by atoms with E-state index in [1.54, 1.807) is 7.05 Å². The SMILES string of the molecule is CN=C(NCc1cccc(Cn2ccnc2C)c1)NCC(C)COCc1ccccc1.I. The average molecular weight is 547 g/mol. The van der Waals surface area contributed by atoms with Gasteiger partial charge in [0.15, 0.2) is 5.96 Å². The first kappa shape index (κ1) is 25.9. The quantitative estimate of drug-likeness (QED) is 0.225. The zero-order chi connectivity index (χ0) is 21.9. The Morgan fingerprint density at radius 3 is 2.53 bits per heavy atom. The van der Waals surface area contributed by atoms with Crippen LogP contribution in [0.2, 0.25) is 0 Å². The van der Waals surface area contributed by atoms with Crippen LogP contribution in [-0.2, 0) is 24.4 Å². The third-order valence-electron chi connectivity index (χ3n) is 5.08. The van der Waals surface area contributed by atoms with Crippen LogP contribution in [-0.4, -0.2) is 35.7 Å². The lowest BCUT2D eigenvalue weighted by atomic mass is 10.1. The molecule has 3 rings (SSSR count). The van der Waals surface area contributed by atoms with E-state index in [-0.39, 0.29) is 24.0 Å². The average Bonchev–Trinajstić information content (AvgIpc) is 3.19. The Bertz CT molecular complexity index is 958. The monoisotopic (exact) mass is 547 g/mol. The second kappa shape index (κ2) is 13.9. The summed E-state index contributed by atoms with van der Waals surface area (Å²) in [5, 5.41) is 6.79. The van der Waals surface area contributed by atoms with Crippen LogP contribution in [0.5, 0.6) is 0 Å². The molecule has 0 radical (unpaired) electrons. The molecule has 2 aromatic carbocycles. The van der Waals surface area contributed by atoms with E-state index in [2.05, 4.69) is 68.5 Å². The van der Waals surface area contributed by atoms with Gasteiger partial charge >= 0.3 is 0 Å². The van der Waals surface area contributed by atoms with Gasteiger partial charge < -0.3 is 19.9 Å². The summed E-state index contributed by atoms with van der Waals surface area (Å²) in [7, 11) is 1.80. The van der Waals surface area contributed by atoms with Gasteiger partial charge in [0.1, 0.15) is 5.82 Å². The number of aliphatic imine (C=N–C) groups is 1. The van der Waals surface area contributed by atoms with Crippen molar-refractivity contribution in [2.24, 2.45) is 10.9 Å². The van der Waals surface area contributed by atoms with Gasteiger partial charge in [0, 0.05) is 39.1 Å². The van der Waals surface area contributed by atoms with Crippen molar-refractivity contribution in [3.63, 3.8) is 0 Å². The largest absolute Gasteiger partial charge is 0.376 e. The number of ether oxygens (including phenoxy) is 1. The first-order valence-corrected chi connectivity index (χ1v) is 10.8. The van der Waals surface area contributed by atoms with Crippen LogP contribution in [0, 0.1) is 12.8 Å². The van der Waals surface area contributed by atoms with Crippen LogP contribution in [0.3, 0.4) is 0 Å². The molecule has 1 unspecified atom stereocenters. The van der Waals surface area contributed by atoms with E-state index >= 15 is 0 Å². The smallest absolute Gasteiger partial charge is 0.191 e. The van der Waals surface area contributed by atoms with Crippen molar-refractivity contribution < 1.29 is 4.74 Å². The number of imidazole rings is 1. The van der Waals surface area contributed by atoms with Crippen molar-refractivity contribution in [1.29, 1.82) is 0 Å². The fraction of sp³-hybridized carbons (Fsp3) is 0.360. The van der Waals surface area contributed by atoms with Crippen molar-refractivity contribution >= 4 is 29.9 Å². The van der Waals surface area contributed by atoms with E-state index in [1.807, 2.05) is 37.5 Å². The number of guanidine groups is 1. The third-order valence-corrected chi connectivity index (χ3v) is 5.08. The summed E-state index contributed by atoms with van der Waals surface area (Å²) in [5.74, 6) is 2.20. The first-order chi connectivity index (χ1) is 15.1. The molecule has 0 fully saturated rings. The fourth-order valence-corrected chi connectivity index (χ4v) is 3.29. The van der Waals surface area contributed by atoms with E-state index in [9.17, 15) is 0 Å². The lowest BCUT2D eigenvalue weighted by molar-refractivity contribution is 0.0931. The number of hydrogen-bond acceptors (Lipinski definition) is 3. The van der Waals surface area contributed by atoms with Crippen LogP contribution in [0.15, 0.2) is 72.0 Å². The number of halogens is 1. The fourth-order valence-electron chi connectivity index (χ4n) is 3.29. The van der Waals surface area contributed by atoms with Gasteiger partial charge in [-0.2, -0.15) is 0 Å². The Morgan fingerprint density at radius 1 is 1.06 bits per heavy atom. The number of aryl methyl sites for hydroxylation is 1. The number of nitrogens with one attached hydrogen (secondary N) is 2. The minimum absolute atomic E-state index is 0. The van der Waals surface area contributed by atoms with Crippen LogP contribution in [0.1, 0.15) is 29.4 Å². The molecule has 0 amide bonds. The molecular weight excluding hydrogens is 513 g/mol. The summed E-state index contributed by atoms with van der Waals surface area (Å²) in [6, 6.07) is 18.9. The molecule has 1 aromatic heterocycles. The summed E-state index contributed by atoms with van der Waals surface area (Å²) in [6.45, 7) is 7.89. The zero-order valence-electron chi connectivity index (χ0n) is 19.1. The molecular formula is C25H34IN5O. The third kappa shape index (κ3) is 8.63. The predicted octanol–water partition coefficient (Wildman–Crippen LogP) is 4.38. The number of benzene rings is 2. The minimum atomic E-state index is 0. The van der Waals surface area contributed by atoms with E-state index < -0.39 is 0 Å². The highest BCUT2D eigenvalue weighted by Crippen LogP contribution is 2.09. The molecule has 0 spiro atoms. The first-order valence-electron chi connectivity index (χ1n) is 10.8. The van der Waals surface area contributed by atoms with Gasteiger partial charge in [-0.25, -0.2) is 4.98 Å². The Labute approximate surface area is 208 Å². The van der Waals surface area contributed by atoms with Crippen molar-refractivity contribution in [3.8, 4) is 0 Å². The van der Waals surface area contributed by atoms with Gasteiger partial charge in [0.05, 0.1) is 13.2 Å². The van der Waals surface area contributed by atoms with Crippen LogP contribution >= 0.6 is 24.0 Å². The van der Waals surface area contributed by atoms with E-state index in [4.69, 9.17) is 4.74 Å². The molecule has 1 heterocycles. The van der Waals surface area contributed by atoms with Crippen LogP contribution in [0.4, 0.5) is 0 Å². The standard InChI is InChI=1S/C25H33N5O.HI/c1-20(18-31-19-22-8-5-4-6-9-22)15-28-25(26-3)29-16-23-10-7-11-24(14-23)17-30-13-12-27-21(30)2;/h4-14,20H,15-19H2,1-3H3,(H2,26,28,29);1H. The Kier molecular flexibility index (Phi) is 11.2. The molecule has 2 N–H and O–H groups in total. The second-order valence-corrected chi connectivity index (χ2v) is 7.83. The summed E-state index contributed by atoms with van der Waals surface area (Å²) in [6.07, 6.45) is 3.85. The maximum atomic E-state index is 5.83. The second-order valence-electron chi connectivity index (χ2n) is 7.83. The van der Waals surface area contributed by atoms with Gasteiger partial charge in [0.25, 0.3) is 0 Å². The predicted molar refractivity (Wildman–Crippen MR) is 141 cm³/mol. The van der Waals surface area contributed by atoms with Gasteiger partial charge in [0.2, 0.25) is 0 Å². The molecule has 32 heavy (non-hydrogen) atoms. The van der Waals surface area contributed by atoms with E-state index in [0.29, 0.717) is 19.1 Å². The molecule has 0 saturated heterocycles. The van der Waals surface area contributed by atoms with Crippen molar-refractivity contribution in [1.82, 2.24) is 20.2 Å². The molecule has 0 saturated carbocycles. The highest BCUT2D eigenvalue weighted by Gasteiger charge is 2.06. The normalized spacial score (nSPS) is 12.2. The van der Waals surface area contributed by atoms with Gasteiger partial charge in [-0.05, 0) is 29.5 Å². The molecule has 6 nitrogen and oxygen atoms in total. The Hall–Kier alpha value is -2.39. The van der Waals surface area contributed by atoms with Crippen LogP contribution < -0.4 is 10.6 Å². The van der Waals surface area contributed by atoms with Gasteiger partial charge in [-0.3, -0.25) is 4.99 Å². The van der Waals surface area contributed by atoms with Crippen molar-refractivity contribution in [3.05, 3.63) is 89.5 Å². The van der Waals surface area contributed by atoms with Gasteiger partial charge in [-0.1, -0.05) is 61.5 Å². The lowest BCUT2D eigenvalue weighted by Gasteiger charge is -2.16.